The van der Waals surface area contributed by atoms with Crippen molar-refractivity contribution in [1.82, 2.24) is 4.57 Å². The van der Waals surface area contributed by atoms with Gasteiger partial charge < -0.3 is 4.55 Å². The van der Waals surface area contributed by atoms with Gasteiger partial charge in [-0.15, -0.1) is 0 Å². The van der Waals surface area contributed by atoms with Gasteiger partial charge >= 0.3 is 0 Å². The molecule has 0 radical (unpaired) electrons. The van der Waals surface area contributed by atoms with Crippen molar-refractivity contribution in [2.45, 2.75) is 6.54 Å². The standard InChI is InChI=1S/C17H15N2.CH4O4S/c1-18-12-19-11-14-9-5-6-10-15(14)17(19)16(18)13-7-3-2-4-8-13;1-5-6(2,3)4/h2-10,12H,11H2,1H3;1H3,(H,2,3,4)/q+1;/p-1. The van der Waals surface area contributed by atoms with Gasteiger partial charge in [-0.3, -0.25) is 4.18 Å². The number of nitrogens with zero attached hydrogens (tertiary/aromatic N) is 2. The molecule has 0 unspecified atom stereocenters. The van der Waals surface area contributed by atoms with E-state index in [1.54, 1.807) is 0 Å². The van der Waals surface area contributed by atoms with E-state index in [0.29, 0.717) is 0 Å². The molecule has 0 bridgehead atoms. The highest BCUT2D eigenvalue weighted by Crippen LogP contribution is 2.37. The molecular formula is C18H18N2O4S. The van der Waals surface area contributed by atoms with Gasteiger partial charge in [0.1, 0.15) is 6.54 Å². The Morgan fingerprint density at radius 1 is 1.08 bits per heavy atom. The molecule has 4 rings (SSSR count). The summed E-state index contributed by atoms with van der Waals surface area (Å²) in [7, 11) is -1.48. The lowest BCUT2D eigenvalue weighted by Gasteiger charge is -2.01. The fourth-order valence-corrected chi connectivity index (χ4v) is 3.04. The highest BCUT2D eigenvalue weighted by Gasteiger charge is 2.30. The van der Waals surface area contributed by atoms with Crippen molar-refractivity contribution >= 4 is 10.4 Å². The zero-order valence-electron chi connectivity index (χ0n) is 13.9. The molecule has 0 aliphatic carbocycles. The third-order valence-corrected chi connectivity index (χ3v) is 4.45. The van der Waals surface area contributed by atoms with Gasteiger partial charge in [0.15, 0.2) is 11.4 Å². The van der Waals surface area contributed by atoms with Crippen molar-refractivity contribution in [3.8, 4) is 22.5 Å². The predicted octanol–water partition coefficient (Wildman–Crippen LogP) is 2.10. The van der Waals surface area contributed by atoms with Crippen molar-refractivity contribution in [2.24, 2.45) is 7.05 Å². The molecule has 25 heavy (non-hydrogen) atoms. The summed E-state index contributed by atoms with van der Waals surface area (Å²) < 4.78 is 35.6. The van der Waals surface area contributed by atoms with Crippen LogP contribution >= 0.6 is 0 Å². The maximum absolute atomic E-state index is 9.22. The molecule has 0 spiro atoms. The predicted molar refractivity (Wildman–Crippen MR) is 92.3 cm³/mol. The topological polar surface area (TPSA) is 75.2 Å². The van der Waals surface area contributed by atoms with E-state index in [9.17, 15) is 13.0 Å². The van der Waals surface area contributed by atoms with Gasteiger partial charge in [0, 0.05) is 16.7 Å². The molecule has 1 aromatic heterocycles. The van der Waals surface area contributed by atoms with Gasteiger partial charge in [-0.2, -0.15) is 0 Å². The maximum Gasteiger partial charge on any atom is 0.244 e. The summed E-state index contributed by atoms with van der Waals surface area (Å²) in [5.74, 6) is 0. The first-order chi connectivity index (χ1) is 11.9. The average molecular weight is 358 g/mol. The third kappa shape index (κ3) is 3.63. The van der Waals surface area contributed by atoms with Crippen molar-refractivity contribution < 1.29 is 21.7 Å². The van der Waals surface area contributed by atoms with Crippen LogP contribution in [0.2, 0.25) is 0 Å². The van der Waals surface area contributed by atoms with E-state index in [1.165, 1.54) is 28.1 Å². The summed E-state index contributed by atoms with van der Waals surface area (Å²) in [5.41, 5.74) is 6.68. The molecule has 0 atom stereocenters. The zero-order valence-corrected chi connectivity index (χ0v) is 14.7. The van der Waals surface area contributed by atoms with Crippen molar-refractivity contribution in [3.63, 3.8) is 0 Å². The minimum Gasteiger partial charge on any atom is -0.726 e. The first-order valence-electron chi connectivity index (χ1n) is 7.64. The van der Waals surface area contributed by atoms with Crippen LogP contribution in [0.5, 0.6) is 0 Å². The van der Waals surface area contributed by atoms with Crippen LogP contribution in [0.15, 0.2) is 60.9 Å². The molecule has 0 fully saturated rings. The number of aromatic nitrogens is 2. The van der Waals surface area contributed by atoms with Crippen LogP contribution in [-0.2, 0) is 28.2 Å². The number of hydrogen-bond acceptors (Lipinski definition) is 4. The third-order valence-electron chi connectivity index (χ3n) is 4.04. The molecule has 0 amide bonds. The maximum atomic E-state index is 9.22. The summed E-state index contributed by atoms with van der Waals surface area (Å²) >= 11 is 0. The summed E-state index contributed by atoms with van der Waals surface area (Å²) in [5, 5.41) is 0. The second-order valence-corrected chi connectivity index (χ2v) is 6.80. The zero-order chi connectivity index (χ0) is 18.0. The minimum absolute atomic E-state index is 0.808. The first-order valence-corrected chi connectivity index (χ1v) is 8.98. The molecule has 0 saturated carbocycles. The quantitative estimate of drug-likeness (QED) is 0.312. The molecule has 1 aliphatic rings. The average Bonchev–Trinajstić information content (AvgIpc) is 3.10. The summed E-state index contributed by atoms with van der Waals surface area (Å²) in [4.78, 5) is 0. The number of hydrogen-bond donors (Lipinski definition) is 0. The van der Waals surface area contributed by atoms with E-state index >= 15 is 0 Å². The summed E-state index contributed by atoms with van der Waals surface area (Å²) in [6.45, 7) is 0.978. The Bertz CT molecular complexity index is 995. The number of benzene rings is 2. The Hall–Kier alpha value is -2.48. The highest BCUT2D eigenvalue weighted by molar-refractivity contribution is 7.80. The molecule has 7 heteroatoms. The molecule has 1 aliphatic heterocycles. The van der Waals surface area contributed by atoms with E-state index in [1.807, 2.05) is 0 Å². The van der Waals surface area contributed by atoms with E-state index in [4.69, 9.17) is 0 Å². The Labute approximate surface area is 146 Å². The monoisotopic (exact) mass is 358 g/mol. The second-order valence-electron chi connectivity index (χ2n) is 5.65. The summed E-state index contributed by atoms with van der Waals surface area (Å²) in [6.07, 6.45) is 2.19. The van der Waals surface area contributed by atoms with Crippen molar-refractivity contribution in [1.29, 1.82) is 0 Å². The van der Waals surface area contributed by atoms with Crippen LogP contribution in [0, 0.1) is 0 Å². The number of rotatable bonds is 2. The van der Waals surface area contributed by atoms with E-state index in [-0.39, 0.29) is 0 Å². The Morgan fingerprint density at radius 2 is 1.68 bits per heavy atom. The lowest BCUT2D eigenvalue weighted by Crippen LogP contribution is -2.28. The van der Waals surface area contributed by atoms with Crippen LogP contribution in [0.3, 0.4) is 0 Å². The minimum atomic E-state index is -4.41. The molecule has 6 nitrogen and oxygen atoms in total. The van der Waals surface area contributed by atoms with Crippen LogP contribution in [-0.4, -0.2) is 24.6 Å². The Balaban J connectivity index is 0.000000265. The van der Waals surface area contributed by atoms with Crippen molar-refractivity contribution in [3.05, 3.63) is 66.5 Å². The van der Waals surface area contributed by atoms with Crippen LogP contribution in [0.1, 0.15) is 5.56 Å². The van der Waals surface area contributed by atoms with Gasteiger partial charge in [0.25, 0.3) is 0 Å². The molecule has 0 N–H and O–H groups in total. The smallest absolute Gasteiger partial charge is 0.244 e. The van der Waals surface area contributed by atoms with Gasteiger partial charge in [-0.1, -0.05) is 54.6 Å². The largest absolute Gasteiger partial charge is 0.726 e. The fraction of sp³-hybridized carbons (Fsp3) is 0.167. The normalized spacial score (nSPS) is 12.1. The Kier molecular flexibility index (Phi) is 4.71. The van der Waals surface area contributed by atoms with Crippen LogP contribution in [0.25, 0.3) is 22.5 Å². The molecule has 0 saturated heterocycles. The lowest BCUT2D eigenvalue weighted by molar-refractivity contribution is -0.660. The summed E-state index contributed by atoms with van der Waals surface area (Å²) in [6, 6.07) is 19.3. The van der Waals surface area contributed by atoms with E-state index in [2.05, 4.69) is 81.3 Å². The SMILES string of the molecule is COS(=O)(=O)[O-].C[n+]1cn2c(c1-c1ccccc1)-c1ccccc1C2. The first kappa shape index (κ1) is 17.3. The molecule has 3 aromatic rings. The van der Waals surface area contributed by atoms with Gasteiger partial charge in [-0.05, 0) is 0 Å². The highest BCUT2D eigenvalue weighted by atomic mass is 32.3. The second kappa shape index (κ2) is 6.79. The number of imidazole rings is 1. The van der Waals surface area contributed by atoms with Gasteiger partial charge in [0.2, 0.25) is 16.7 Å². The fourth-order valence-electron chi connectivity index (χ4n) is 3.04. The Morgan fingerprint density at radius 3 is 2.32 bits per heavy atom. The lowest BCUT2D eigenvalue weighted by atomic mass is 10.0. The molecule has 2 heterocycles. The van der Waals surface area contributed by atoms with E-state index < -0.39 is 10.4 Å². The van der Waals surface area contributed by atoms with Crippen molar-refractivity contribution in [2.75, 3.05) is 7.11 Å². The molecule has 130 valence electrons. The molecule has 2 aromatic carbocycles. The number of fused-ring (bicyclic) bond motifs is 3. The van der Waals surface area contributed by atoms with E-state index in [0.717, 1.165) is 13.7 Å². The van der Waals surface area contributed by atoms with Gasteiger partial charge in [-0.25, -0.2) is 17.6 Å². The van der Waals surface area contributed by atoms with Crippen LogP contribution < -0.4 is 4.57 Å². The molecular weight excluding hydrogens is 340 g/mol. The van der Waals surface area contributed by atoms with Gasteiger partial charge in [0.05, 0.1) is 14.2 Å². The van der Waals surface area contributed by atoms with Crippen LogP contribution in [0.4, 0.5) is 0 Å². The number of aryl methyl sites for hydroxylation is 1.